The predicted octanol–water partition coefficient (Wildman–Crippen LogP) is 3.12. The molecule has 262 valence electrons. The molecule has 1 aliphatic rings. The van der Waals surface area contributed by atoms with E-state index in [1.807, 2.05) is 71.2 Å². The Bertz CT molecular complexity index is 1620. The molecule has 5 amide bonds. The fourth-order valence-corrected chi connectivity index (χ4v) is 5.22. The van der Waals surface area contributed by atoms with Gasteiger partial charge in [-0.25, -0.2) is 9.78 Å². The monoisotopic (exact) mass is 684 g/mol. The standard InChI is InChI=1S/C19H33N5O5.C11H7N3OS.C3H8/c1-18(2,3)13(22-17(29)23-19(4,5)6)16(28)24-9-7-8-11(24)15(27)21-10-12(25)14(20)26;15-11-9-7(4-6-16-9)13-10(14-11)8-3-1-2-5-12-8;1-3-2/h11,13H,7-10H2,1-6H3,(H2,20,26)(H,21,27)(H2,22,23,29);1-6H,(H,13,14,15);3H2,1-2H3/t11?,13-;;/m1../s1. The van der Waals surface area contributed by atoms with Gasteiger partial charge in [-0.2, -0.15) is 0 Å². The molecule has 48 heavy (non-hydrogen) atoms. The van der Waals surface area contributed by atoms with Gasteiger partial charge >= 0.3 is 6.03 Å². The Morgan fingerprint density at radius 1 is 1.08 bits per heavy atom. The summed E-state index contributed by atoms with van der Waals surface area (Å²) in [7, 11) is 0. The molecule has 0 saturated carbocycles. The lowest BCUT2D eigenvalue weighted by atomic mass is 9.85. The number of thiophene rings is 1. The Balaban J connectivity index is 0.000000348. The van der Waals surface area contributed by atoms with E-state index >= 15 is 0 Å². The lowest BCUT2D eigenvalue weighted by molar-refractivity contribution is -0.142. The molecule has 4 rings (SSSR count). The Morgan fingerprint density at radius 2 is 1.75 bits per heavy atom. The molecule has 0 radical (unpaired) electrons. The molecule has 1 saturated heterocycles. The number of urea groups is 1. The van der Waals surface area contributed by atoms with Gasteiger partial charge in [0.05, 0.1) is 12.1 Å². The first-order valence-corrected chi connectivity index (χ1v) is 16.7. The van der Waals surface area contributed by atoms with Crippen LogP contribution in [-0.2, 0) is 19.2 Å². The van der Waals surface area contributed by atoms with Crippen LogP contribution in [0.15, 0.2) is 40.6 Å². The van der Waals surface area contributed by atoms with Crippen molar-refractivity contribution in [3.8, 4) is 11.5 Å². The van der Waals surface area contributed by atoms with Gasteiger partial charge in [0.2, 0.25) is 17.6 Å². The van der Waals surface area contributed by atoms with Crippen molar-refractivity contribution >= 4 is 51.1 Å². The molecule has 1 fully saturated rings. The summed E-state index contributed by atoms with van der Waals surface area (Å²) in [6.45, 7) is 15.0. The van der Waals surface area contributed by atoms with E-state index in [0.29, 0.717) is 35.6 Å². The van der Waals surface area contributed by atoms with Crippen LogP contribution < -0.4 is 27.2 Å². The van der Waals surface area contributed by atoms with Crippen LogP contribution in [0.25, 0.3) is 21.7 Å². The van der Waals surface area contributed by atoms with Gasteiger partial charge in [0, 0.05) is 18.3 Å². The third-order valence-corrected chi connectivity index (χ3v) is 7.54. The average Bonchev–Trinajstić information content (AvgIpc) is 3.68. The van der Waals surface area contributed by atoms with E-state index in [9.17, 15) is 28.8 Å². The summed E-state index contributed by atoms with van der Waals surface area (Å²) in [6, 6.07) is 5.23. The minimum Gasteiger partial charge on any atom is -0.363 e. The normalized spacial score (nSPS) is 14.8. The fraction of sp³-hybridized carbons (Fsp3) is 0.515. The number of likely N-dealkylation sites (tertiary alicyclic amines) is 1. The van der Waals surface area contributed by atoms with Crippen LogP contribution in [0.4, 0.5) is 4.79 Å². The van der Waals surface area contributed by atoms with Crippen molar-refractivity contribution in [3.05, 3.63) is 46.2 Å². The number of amides is 5. The zero-order valence-corrected chi connectivity index (χ0v) is 29.7. The fourth-order valence-electron chi connectivity index (χ4n) is 4.49. The number of nitrogens with one attached hydrogen (secondary N) is 4. The zero-order chi connectivity index (χ0) is 36.2. The first-order chi connectivity index (χ1) is 22.4. The molecule has 14 nitrogen and oxygen atoms in total. The zero-order valence-electron chi connectivity index (χ0n) is 28.9. The number of carbonyl (C=O) groups excluding carboxylic acids is 5. The lowest BCUT2D eigenvalue weighted by Crippen LogP contribution is -2.60. The second-order valence-electron chi connectivity index (χ2n) is 13.3. The number of nitrogens with two attached hydrogens (primary N) is 1. The Labute approximate surface area is 284 Å². The Kier molecular flexibility index (Phi) is 14.4. The van der Waals surface area contributed by atoms with Crippen LogP contribution in [0.2, 0.25) is 0 Å². The summed E-state index contributed by atoms with van der Waals surface area (Å²) in [5.74, 6) is -2.44. The summed E-state index contributed by atoms with van der Waals surface area (Å²) in [5.41, 5.74) is 5.09. The van der Waals surface area contributed by atoms with E-state index in [1.54, 1.807) is 6.20 Å². The van der Waals surface area contributed by atoms with Gasteiger partial charge in [0.25, 0.3) is 11.5 Å². The van der Waals surface area contributed by atoms with Crippen molar-refractivity contribution in [1.29, 1.82) is 0 Å². The number of carbonyl (C=O) groups is 5. The van der Waals surface area contributed by atoms with Crippen molar-refractivity contribution in [2.45, 2.75) is 92.3 Å². The highest BCUT2D eigenvalue weighted by Crippen LogP contribution is 2.26. The molecule has 15 heteroatoms. The maximum atomic E-state index is 13.2. The highest BCUT2D eigenvalue weighted by Gasteiger charge is 2.42. The van der Waals surface area contributed by atoms with E-state index in [4.69, 9.17) is 5.73 Å². The van der Waals surface area contributed by atoms with Crippen LogP contribution in [0, 0.1) is 5.41 Å². The molecular formula is C33H48N8O6S. The van der Waals surface area contributed by atoms with E-state index in [2.05, 4.69) is 44.7 Å². The maximum Gasteiger partial charge on any atom is 0.315 e. The van der Waals surface area contributed by atoms with Crippen LogP contribution in [0.3, 0.4) is 0 Å². The largest absolute Gasteiger partial charge is 0.363 e. The smallest absolute Gasteiger partial charge is 0.315 e. The van der Waals surface area contributed by atoms with Crippen LogP contribution in [0.1, 0.15) is 74.7 Å². The summed E-state index contributed by atoms with van der Waals surface area (Å²) in [4.78, 5) is 84.5. The van der Waals surface area contributed by atoms with Gasteiger partial charge in [-0.15, -0.1) is 11.3 Å². The molecule has 0 bridgehead atoms. The Hall–Kier alpha value is -4.66. The maximum absolute atomic E-state index is 13.2. The van der Waals surface area contributed by atoms with E-state index in [1.165, 1.54) is 22.7 Å². The van der Waals surface area contributed by atoms with Crippen LogP contribution in [-0.4, -0.2) is 80.1 Å². The number of Topliss-reactive ketones (excluding diaryl/α,β-unsaturated/α-hetero) is 1. The number of H-pyrrole nitrogens is 1. The van der Waals surface area contributed by atoms with Gasteiger partial charge in [0.15, 0.2) is 5.82 Å². The molecule has 0 aromatic carbocycles. The molecule has 3 aromatic rings. The van der Waals surface area contributed by atoms with Crippen molar-refractivity contribution < 1.29 is 24.0 Å². The molecular weight excluding hydrogens is 636 g/mol. The number of fused-ring (bicyclic) bond motifs is 1. The summed E-state index contributed by atoms with van der Waals surface area (Å²) >= 11 is 1.39. The minimum absolute atomic E-state index is 0.111. The highest BCUT2D eigenvalue weighted by atomic mass is 32.1. The second-order valence-corrected chi connectivity index (χ2v) is 14.2. The van der Waals surface area contributed by atoms with E-state index in [0.717, 1.165) is 5.52 Å². The van der Waals surface area contributed by atoms with Crippen molar-refractivity contribution in [1.82, 2.24) is 35.8 Å². The average molecular weight is 685 g/mol. The van der Waals surface area contributed by atoms with Gasteiger partial charge in [0.1, 0.15) is 22.5 Å². The van der Waals surface area contributed by atoms with E-state index < -0.39 is 53.2 Å². The van der Waals surface area contributed by atoms with Crippen LogP contribution >= 0.6 is 11.3 Å². The lowest BCUT2D eigenvalue weighted by Gasteiger charge is -2.36. The third-order valence-electron chi connectivity index (χ3n) is 6.64. The molecule has 0 spiro atoms. The van der Waals surface area contributed by atoms with Gasteiger partial charge in [-0.3, -0.25) is 29.0 Å². The number of hydrogen-bond donors (Lipinski definition) is 5. The summed E-state index contributed by atoms with van der Waals surface area (Å²) in [6.07, 6.45) is 3.96. The number of ketones is 1. The van der Waals surface area contributed by atoms with Crippen LogP contribution in [0.5, 0.6) is 0 Å². The highest BCUT2D eigenvalue weighted by molar-refractivity contribution is 7.17. The number of nitrogens with zero attached hydrogens (tertiary/aromatic N) is 3. The Morgan fingerprint density at radius 3 is 2.31 bits per heavy atom. The molecule has 3 aromatic heterocycles. The number of primary amides is 1. The minimum atomic E-state index is -1.13. The number of aromatic amines is 1. The van der Waals surface area contributed by atoms with Gasteiger partial charge < -0.3 is 31.6 Å². The SMILES string of the molecule is CC(C)(C)NC(=O)N[C@H](C(=O)N1CCCC1C(=O)NCC(=O)C(N)=O)C(C)(C)C.CCC.O=c1[nH]c(-c2ccccn2)nc2ccsc12. The molecule has 1 unspecified atom stereocenters. The molecule has 6 N–H and O–H groups in total. The number of rotatable bonds is 7. The quantitative estimate of drug-likeness (QED) is 0.233. The topological polar surface area (TPSA) is 209 Å². The molecule has 1 aliphatic heterocycles. The third kappa shape index (κ3) is 11.9. The molecule has 2 atom stereocenters. The molecule has 4 heterocycles. The number of pyridine rings is 1. The van der Waals surface area contributed by atoms with E-state index in [-0.39, 0.29) is 11.5 Å². The van der Waals surface area contributed by atoms with Gasteiger partial charge in [-0.1, -0.05) is 47.1 Å². The first kappa shape index (κ1) is 39.5. The predicted molar refractivity (Wildman–Crippen MR) is 186 cm³/mol. The van der Waals surface area contributed by atoms with Crippen molar-refractivity contribution in [2.24, 2.45) is 11.1 Å². The van der Waals surface area contributed by atoms with Gasteiger partial charge in [-0.05, 0) is 62.6 Å². The molecule has 0 aliphatic carbocycles. The number of aromatic nitrogens is 3. The first-order valence-electron chi connectivity index (χ1n) is 15.8. The van der Waals surface area contributed by atoms with Crippen molar-refractivity contribution in [2.75, 3.05) is 13.1 Å². The second kappa shape index (κ2) is 17.5. The number of hydrogen-bond acceptors (Lipinski definition) is 9. The summed E-state index contributed by atoms with van der Waals surface area (Å²) < 4.78 is 0.652. The van der Waals surface area contributed by atoms with Crippen molar-refractivity contribution in [3.63, 3.8) is 0 Å². The summed E-state index contributed by atoms with van der Waals surface area (Å²) in [5, 5.41) is 9.70.